The smallest absolute Gasteiger partial charge is 0.328 e. The predicted molar refractivity (Wildman–Crippen MR) is 60.6 cm³/mol. The summed E-state index contributed by atoms with van der Waals surface area (Å²) in [5, 5.41) is 2.86. The summed E-state index contributed by atoms with van der Waals surface area (Å²) >= 11 is 0. The third kappa shape index (κ3) is 5.24. The number of nitrogens with one attached hydrogen (secondary N) is 1. The molecule has 3 N–H and O–H groups in total. The van der Waals surface area contributed by atoms with Crippen LogP contribution in [0, 0.1) is 5.92 Å². The average Bonchev–Trinajstić information content (AvgIpc) is 2.21. The minimum Gasteiger partial charge on any atom is -0.467 e. The number of hydrogen-bond acceptors (Lipinski definition) is 3. The van der Waals surface area contributed by atoms with Crippen molar-refractivity contribution >= 4 is 11.9 Å². The molecule has 0 fully saturated rings. The number of nitrogens with two attached hydrogens (primary N) is 1. The summed E-state index contributed by atoms with van der Waals surface area (Å²) in [5.74, 6) is 0.0772. The SMILES string of the molecule is CCCN=C(N)NC(C(=O)OC)C(C)C. The lowest BCUT2D eigenvalue weighted by Gasteiger charge is -2.20. The van der Waals surface area contributed by atoms with Gasteiger partial charge in [-0.05, 0) is 12.3 Å². The molecule has 0 radical (unpaired) electrons. The van der Waals surface area contributed by atoms with E-state index < -0.39 is 6.04 Å². The Bertz CT molecular complexity index is 227. The fourth-order valence-corrected chi connectivity index (χ4v) is 1.06. The van der Waals surface area contributed by atoms with Gasteiger partial charge in [0, 0.05) is 6.54 Å². The van der Waals surface area contributed by atoms with Gasteiger partial charge in [-0.1, -0.05) is 20.8 Å². The Labute approximate surface area is 91.1 Å². The van der Waals surface area contributed by atoms with E-state index in [0.717, 1.165) is 6.42 Å². The maximum Gasteiger partial charge on any atom is 0.328 e. The molecule has 0 aromatic rings. The van der Waals surface area contributed by atoms with Crippen LogP contribution in [-0.2, 0) is 9.53 Å². The summed E-state index contributed by atoms with van der Waals surface area (Å²) in [6.45, 7) is 6.51. The molecular weight excluding hydrogens is 194 g/mol. The fraction of sp³-hybridized carbons (Fsp3) is 0.800. The minimum atomic E-state index is -0.435. The third-order valence-corrected chi connectivity index (χ3v) is 1.93. The lowest BCUT2D eigenvalue weighted by Crippen LogP contribution is -2.48. The maximum atomic E-state index is 11.4. The van der Waals surface area contributed by atoms with Gasteiger partial charge in [0.1, 0.15) is 6.04 Å². The normalized spacial score (nSPS) is 13.8. The Morgan fingerprint density at radius 1 is 1.53 bits per heavy atom. The zero-order valence-electron chi connectivity index (χ0n) is 9.91. The van der Waals surface area contributed by atoms with Crippen molar-refractivity contribution in [1.29, 1.82) is 0 Å². The van der Waals surface area contributed by atoms with Gasteiger partial charge in [0.2, 0.25) is 0 Å². The van der Waals surface area contributed by atoms with Gasteiger partial charge in [-0.15, -0.1) is 0 Å². The number of rotatable bonds is 5. The fourth-order valence-electron chi connectivity index (χ4n) is 1.06. The standard InChI is InChI=1S/C10H21N3O2/c1-5-6-12-10(11)13-8(7(2)3)9(14)15-4/h7-8H,5-6H2,1-4H3,(H3,11,12,13). The van der Waals surface area contributed by atoms with E-state index >= 15 is 0 Å². The number of guanidine groups is 1. The van der Waals surface area contributed by atoms with Gasteiger partial charge in [-0.2, -0.15) is 0 Å². The van der Waals surface area contributed by atoms with Crippen LogP contribution in [0.15, 0.2) is 4.99 Å². The Hall–Kier alpha value is -1.26. The Balaban J connectivity index is 4.35. The monoisotopic (exact) mass is 215 g/mol. The van der Waals surface area contributed by atoms with Crippen LogP contribution in [0.1, 0.15) is 27.2 Å². The van der Waals surface area contributed by atoms with Gasteiger partial charge in [-0.25, -0.2) is 4.79 Å². The molecule has 0 saturated carbocycles. The maximum absolute atomic E-state index is 11.4. The van der Waals surface area contributed by atoms with Gasteiger partial charge < -0.3 is 15.8 Å². The first-order chi connectivity index (χ1) is 7.02. The van der Waals surface area contributed by atoms with Gasteiger partial charge in [0.25, 0.3) is 0 Å². The molecular formula is C10H21N3O2. The largest absolute Gasteiger partial charge is 0.467 e. The topological polar surface area (TPSA) is 76.7 Å². The number of nitrogens with zero attached hydrogens (tertiary/aromatic N) is 1. The van der Waals surface area contributed by atoms with E-state index in [1.165, 1.54) is 7.11 Å². The Morgan fingerprint density at radius 3 is 2.53 bits per heavy atom. The van der Waals surface area contributed by atoms with Crippen LogP contribution in [-0.4, -0.2) is 31.6 Å². The van der Waals surface area contributed by atoms with Gasteiger partial charge in [0.05, 0.1) is 7.11 Å². The molecule has 0 aliphatic heterocycles. The summed E-state index contributed by atoms with van der Waals surface area (Å²) in [5.41, 5.74) is 5.62. The molecule has 1 atom stereocenters. The molecule has 0 spiro atoms. The Morgan fingerprint density at radius 2 is 2.13 bits per heavy atom. The molecule has 0 aliphatic carbocycles. The number of carbonyl (C=O) groups is 1. The van der Waals surface area contributed by atoms with Crippen molar-refractivity contribution < 1.29 is 9.53 Å². The quantitative estimate of drug-likeness (QED) is 0.398. The highest BCUT2D eigenvalue weighted by molar-refractivity contribution is 5.85. The molecule has 0 heterocycles. The van der Waals surface area contributed by atoms with Crippen LogP contribution in [0.3, 0.4) is 0 Å². The van der Waals surface area contributed by atoms with Crippen LogP contribution in [0.4, 0.5) is 0 Å². The highest BCUT2D eigenvalue weighted by atomic mass is 16.5. The van der Waals surface area contributed by atoms with Gasteiger partial charge in [0.15, 0.2) is 5.96 Å². The molecule has 15 heavy (non-hydrogen) atoms. The first-order valence-electron chi connectivity index (χ1n) is 5.17. The number of aliphatic imine (C=N–C) groups is 1. The second kappa shape index (κ2) is 7.09. The van der Waals surface area contributed by atoms with Crippen molar-refractivity contribution in [1.82, 2.24) is 5.32 Å². The van der Waals surface area contributed by atoms with E-state index in [1.807, 2.05) is 20.8 Å². The minimum absolute atomic E-state index is 0.104. The predicted octanol–water partition coefficient (Wildman–Crippen LogP) is 0.498. The summed E-state index contributed by atoms with van der Waals surface area (Å²) in [7, 11) is 1.36. The molecule has 5 heteroatoms. The van der Waals surface area contributed by atoms with Crippen LogP contribution in [0.5, 0.6) is 0 Å². The summed E-state index contributed by atoms with van der Waals surface area (Å²) in [4.78, 5) is 15.4. The molecule has 0 amide bonds. The molecule has 5 nitrogen and oxygen atoms in total. The van der Waals surface area contributed by atoms with E-state index in [0.29, 0.717) is 12.5 Å². The van der Waals surface area contributed by atoms with E-state index in [9.17, 15) is 4.79 Å². The van der Waals surface area contributed by atoms with Crippen LogP contribution in [0.2, 0.25) is 0 Å². The van der Waals surface area contributed by atoms with E-state index in [4.69, 9.17) is 5.73 Å². The van der Waals surface area contributed by atoms with Crippen molar-refractivity contribution in [3.8, 4) is 0 Å². The van der Waals surface area contributed by atoms with Crippen molar-refractivity contribution in [2.75, 3.05) is 13.7 Å². The van der Waals surface area contributed by atoms with Crippen LogP contribution >= 0.6 is 0 Å². The summed E-state index contributed by atoms with van der Waals surface area (Å²) in [6.07, 6.45) is 0.924. The summed E-state index contributed by atoms with van der Waals surface area (Å²) in [6, 6.07) is -0.435. The molecule has 0 bridgehead atoms. The van der Waals surface area contributed by atoms with Crippen LogP contribution in [0.25, 0.3) is 0 Å². The average molecular weight is 215 g/mol. The molecule has 0 aromatic carbocycles. The second-order valence-electron chi connectivity index (χ2n) is 3.66. The van der Waals surface area contributed by atoms with Crippen LogP contribution < -0.4 is 11.1 Å². The first-order valence-corrected chi connectivity index (χ1v) is 5.17. The highest BCUT2D eigenvalue weighted by Crippen LogP contribution is 2.02. The van der Waals surface area contributed by atoms with Gasteiger partial charge in [-0.3, -0.25) is 4.99 Å². The number of hydrogen-bond donors (Lipinski definition) is 2. The zero-order chi connectivity index (χ0) is 11.8. The Kier molecular flexibility index (Phi) is 6.49. The third-order valence-electron chi connectivity index (χ3n) is 1.93. The van der Waals surface area contributed by atoms with Gasteiger partial charge >= 0.3 is 5.97 Å². The van der Waals surface area contributed by atoms with Crippen molar-refractivity contribution in [3.63, 3.8) is 0 Å². The van der Waals surface area contributed by atoms with E-state index in [2.05, 4.69) is 15.0 Å². The molecule has 88 valence electrons. The molecule has 0 aliphatic rings. The molecule has 0 saturated heterocycles. The lowest BCUT2D eigenvalue weighted by atomic mass is 10.1. The lowest BCUT2D eigenvalue weighted by molar-refractivity contribution is -0.143. The second-order valence-corrected chi connectivity index (χ2v) is 3.66. The summed E-state index contributed by atoms with van der Waals surface area (Å²) < 4.78 is 4.67. The van der Waals surface area contributed by atoms with E-state index in [1.54, 1.807) is 0 Å². The number of methoxy groups -OCH3 is 1. The zero-order valence-corrected chi connectivity index (χ0v) is 9.91. The van der Waals surface area contributed by atoms with Crippen molar-refractivity contribution in [3.05, 3.63) is 0 Å². The van der Waals surface area contributed by atoms with Crippen molar-refractivity contribution in [2.24, 2.45) is 16.6 Å². The highest BCUT2D eigenvalue weighted by Gasteiger charge is 2.23. The van der Waals surface area contributed by atoms with E-state index in [-0.39, 0.29) is 11.9 Å². The van der Waals surface area contributed by atoms with Crippen molar-refractivity contribution in [2.45, 2.75) is 33.2 Å². The number of carbonyl (C=O) groups excluding carboxylic acids is 1. The number of ether oxygens (including phenoxy) is 1. The molecule has 1 unspecified atom stereocenters. The molecule has 0 rings (SSSR count). The number of esters is 1. The molecule has 0 aromatic heterocycles. The first kappa shape index (κ1) is 13.7.